The van der Waals surface area contributed by atoms with Crippen molar-refractivity contribution in [3.63, 3.8) is 0 Å². The molecule has 0 unspecified atom stereocenters. The lowest BCUT2D eigenvalue weighted by Crippen LogP contribution is -2.17. The molecule has 2 heteroatoms. The number of hydrogen-bond acceptors (Lipinski definition) is 1. The number of aromatic nitrogens is 1. The SMILES string of the molecule is CC1(C)c2ccccc2-c2ccc(N(c3ccc(-n4c5ccccc5c5ccccc54)cc3)c3cccc(-c4cc5ccccc5c5ccccc45)c3-c3ccccc3)cc21. The molecule has 0 amide bonds. The van der Waals surface area contributed by atoms with Crippen LogP contribution in [0, 0.1) is 0 Å². The lowest BCUT2D eigenvalue weighted by Gasteiger charge is -2.31. The first-order chi connectivity index (χ1) is 30.0. The van der Waals surface area contributed by atoms with E-state index in [1.165, 1.54) is 87.9 Å². The highest BCUT2D eigenvalue weighted by Crippen LogP contribution is 2.52. The van der Waals surface area contributed by atoms with Crippen molar-refractivity contribution in [1.82, 2.24) is 4.57 Å². The topological polar surface area (TPSA) is 8.17 Å². The first-order valence-electron chi connectivity index (χ1n) is 21.3. The summed E-state index contributed by atoms with van der Waals surface area (Å²) in [5.41, 5.74) is 16.9. The van der Waals surface area contributed by atoms with E-state index in [4.69, 9.17) is 0 Å². The lowest BCUT2D eigenvalue weighted by atomic mass is 9.82. The van der Waals surface area contributed by atoms with Crippen LogP contribution in [-0.4, -0.2) is 4.57 Å². The van der Waals surface area contributed by atoms with E-state index in [0.29, 0.717) is 0 Å². The van der Waals surface area contributed by atoms with Crippen molar-refractivity contribution in [2.45, 2.75) is 19.3 Å². The molecule has 0 radical (unpaired) electrons. The van der Waals surface area contributed by atoms with Crippen LogP contribution in [-0.2, 0) is 5.41 Å². The fourth-order valence-electron chi connectivity index (χ4n) is 10.3. The van der Waals surface area contributed by atoms with Gasteiger partial charge in [0.1, 0.15) is 0 Å². The minimum Gasteiger partial charge on any atom is -0.310 e. The number of nitrogens with zero attached hydrogens (tertiary/aromatic N) is 2. The van der Waals surface area contributed by atoms with Gasteiger partial charge in [-0.2, -0.15) is 0 Å². The van der Waals surface area contributed by atoms with Crippen molar-refractivity contribution < 1.29 is 0 Å². The summed E-state index contributed by atoms with van der Waals surface area (Å²) in [6.07, 6.45) is 0. The molecule has 0 aliphatic heterocycles. The maximum Gasteiger partial charge on any atom is 0.0546 e. The fourth-order valence-corrected chi connectivity index (χ4v) is 10.3. The van der Waals surface area contributed by atoms with E-state index in [1.807, 2.05) is 0 Å². The Hall–Kier alpha value is -7.68. The van der Waals surface area contributed by atoms with Crippen LogP contribution in [0.25, 0.3) is 82.4 Å². The van der Waals surface area contributed by atoms with E-state index >= 15 is 0 Å². The predicted molar refractivity (Wildman–Crippen MR) is 259 cm³/mol. The summed E-state index contributed by atoms with van der Waals surface area (Å²) in [5.74, 6) is 0. The quantitative estimate of drug-likeness (QED) is 0.153. The summed E-state index contributed by atoms with van der Waals surface area (Å²) < 4.78 is 2.40. The highest BCUT2D eigenvalue weighted by molar-refractivity contribution is 6.16. The molecule has 12 rings (SSSR count). The van der Waals surface area contributed by atoms with Crippen molar-refractivity contribution in [3.05, 3.63) is 230 Å². The minimum atomic E-state index is -0.151. The molecule has 1 aliphatic rings. The molecule has 0 saturated carbocycles. The van der Waals surface area contributed by atoms with E-state index in [1.54, 1.807) is 0 Å². The Kier molecular flexibility index (Phi) is 7.92. The molecule has 0 N–H and O–H groups in total. The molecule has 1 aromatic heterocycles. The van der Waals surface area contributed by atoms with Crippen molar-refractivity contribution >= 4 is 60.4 Å². The Labute approximate surface area is 356 Å². The summed E-state index contributed by atoms with van der Waals surface area (Å²) in [6, 6.07) is 80.6. The molecule has 1 aliphatic carbocycles. The van der Waals surface area contributed by atoms with Gasteiger partial charge in [-0.05, 0) is 121 Å². The highest BCUT2D eigenvalue weighted by atomic mass is 15.1. The molecule has 11 aromatic rings. The second-order valence-corrected chi connectivity index (χ2v) is 16.9. The van der Waals surface area contributed by atoms with Crippen LogP contribution < -0.4 is 4.90 Å². The molecule has 0 spiro atoms. The number of fused-ring (bicyclic) bond motifs is 9. The molecule has 0 atom stereocenters. The third-order valence-electron chi connectivity index (χ3n) is 13.2. The molecule has 288 valence electrons. The zero-order valence-electron chi connectivity index (χ0n) is 34.2. The van der Waals surface area contributed by atoms with Crippen molar-refractivity contribution in [3.8, 4) is 39.1 Å². The number of rotatable bonds is 6. The summed E-state index contributed by atoms with van der Waals surface area (Å²) in [4.78, 5) is 2.49. The first kappa shape index (κ1) is 35.3. The molecule has 1 heterocycles. The van der Waals surface area contributed by atoms with Crippen LogP contribution in [0.3, 0.4) is 0 Å². The van der Waals surface area contributed by atoms with Gasteiger partial charge >= 0.3 is 0 Å². The molecule has 0 fully saturated rings. The van der Waals surface area contributed by atoms with Crippen LogP contribution in [0.5, 0.6) is 0 Å². The summed E-state index contributed by atoms with van der Waals surface area (Å²) in [7, 11) is 0. The molecule has 61 heavy (non-hydrogen) atoms. The molecule has 0 saturated heterocycles. The summed E-state index contributed by atoms with van der Waals surface area (Å²) in [6.45, 7) is 4.74. The largest absolute Gasteiger partial charge is 0.310 e. The number of para-hydroxylation sites is 2. The average molecular weight is 779 g/mol. The Bertz CT molecular complexity index is 3450. The van der Waals surface area contributed by atoms with Gasteiger partial charge < -0.3 is 9.47 Å². The van der Waals surface area contributed by atoms with E-state index in [0.717, 1.165) is 22.7 Å². The number of benzene rings is 10. The van der Waals surface area contributed by atoms with Gasteiger partial charge in [-0.3, -0.25) is 0 Å². The third kappa shape index (κ3) is 5.42. The van der Waals surface area contributed by atoms with Gasteiger partial charge in [-0.1, -0.05) is 172 Å². The molecule has 0 bridgehead atoms. The third-order valence-corrected chi connectivity index (χ3v) is 13.2. The van der Waals surface area contributed by atoms with Gasteiger partial charge in [0.25, 0.3) is 0 Å². The number of anilines is 3. The second-order valence-electron chi connectivity index (χ2n) is 16.9. The smallest absolute Gasteiger partial charge is 0.0546 e. The summed E-state index contributed by atoms with van der Waals surface area (Å²) >= 11 is 0. The second kappa shape index (κ2) is 13.7. The Morgan fingerprint density at radius 2 is 0.951 bits per heavy atom. The van der Waals surface area contributed by atoms with E-state index in [2.05, 4.69) is 242 Å². The maximum atomic E-state index is 2.49. The monoisotopic (exact) mass is 778 g/mol. The molecule has 10 aromatic carbocycles. The fraction of sp³-hybridized carbons (Fsp3) is 0.0508. The van der Waals surface area contributed by atoms with Crippen molar-refractivity contribution in [2.75, 3.05) is 4.90 Å². The predicted octanol–water partition coefficient (Wildman–Crippen LogP) is 16.2. The van der Waals surface area contributed by atoms with Gasteiger partial charge in [-0.25, -0.2) is 0 Å². The first-order valence-corrected chi connectivity index (χ1v) is 21.3. The van der Waals surface area contributed by atoms with E-state index < -0.39 is 0 Å². The Morgan fingerprint density at radius 3 is 1.70 bits per heavy atom. The van der Waals surface area contributed by atoms with Crippen LogP contribution in [0.1, 0.15) is 25.0 Å². The molecule has 2 nitrogen and oxygen atoms in total. The normalized spacial score (nSPS) is 12.9. The van der Waals surface area contributed by atoms with E-state index in [9.17, 15) is 0 Å². The zero-order chi connectivity index (χ0) is 40.7. The molecular weight excluding hydrogens is 737 g/mol. The van der Waals surface area contributed by atoms with Crippen LogP contribution in [0.4, 0.5) is 17.1 Å². The van der Waals surface area contributed by atoms with Gasteiger partial charge in [0.15, 0.2) is 0 Å². The standard InChI is InChI=1S/C59H42N2/c1-59(2)53-27-13-10-23-47(53)48-36-35-43(38-54(48)59)60(41-31-33-42(34-32-41)61-55-28-14-11-24-49(55)50-25-12-15-29-56(50)61)57-30-16-26-51(58(57)39-17-4-3-5-18-39)52-37-40-19-6-7-20-44(40)45-21-8-9-22-46(45)52/h3-38H,1-2H3. The average Bonchev–Trinajstić information content (AvgIpc) is 3.77. The zero-order valence-corrected chi connectivity index (χ0v) is 34.2. The number of hydrogen-bond donors (Lipinski definition) is 0. The highest BCUT2D eigenvalue weighted by Gasteiger charge is 2.36. The van der Waals surface area contributed by atoms with Gasteiger partial charge in [0.05, 0.1) is 16.7 Å². The summed E-state index contributed by atoms with van der Waals surface area (Å²) in [5, 5.41) is 7.53. The van der Waals surface area contributed by atoms with Crippen LogP contribution in [0.15, 0.2) is 218 Å². The van der Waals surface area contributed by atoms with Gasteiger partial charge in [0, 0.05) is 38.8 Å². The van der Waals surface area contributed by atoms with E-state index in [-0.39, 0.29) is 5.41 Å². The Morgan fingerprint density at radius 1 is 0.377 bits per heavy atom. The van der Waals surface area contributed by atoms with Gasteiger partial charge in [0.2, 0.25) is 0 Å². The lowest BCUT2D eigenvalue weighted by molar-refractivity contribution is 0.660. The van der Waals surface area contributed by atoms with Crippen LogP contribution >= 0.6 is 0 Å². The van der Waals surface area contributed by atoms with Gasteiger partial charge in [-0.15, -0.1) is 0 Å². The molecular formula is C59H42N2. The maximum absolute atomic E-state index is 2.49. The Balaban J connectivity index is 1.12. The van der Waals surface area contributed by atoms with Crippen molar-refractivity contribution in [2.24, 2.45) is 0 Å². The van der Waals surface area contributed by atoms with Crippen LogP contribution in [0.2, 0.25) is 0 Å². The van der Waals surface area contributed by atoms with Crippen molar-refractivity contribution in [1.29, 1.82) is 0 Å². The minimum absolute atomic E-state index is 0.151.